The molecule has 0 amide bonds. The molecule has 1 aromatic carbocycles. The Morgan fingerprint density at radius 2 is 2.13 bits per heavy atom. The van der Waals surface area contributed by atoms with E-state index in [1.54, 1.807) is 0 Å². The standard InChI is InChI=1S/C12H16BrNO/c13-8-12-10-14(6-7-15-12)9-11-4-2-1-3-5-11/h1-5,12H,6-10H2/t12-/m0/s1. The highest BCUT2D eigenvalue weighted by atomic mass is 79.9. The normalized spacial score (nSPS) is 22.9. The van der Waals surface area contributed by atoms with E-state index in [-0.39, 0.29) is 0 Å². The van der Waals surface area contributed by atoms with E-state index in [0.29, 0.717) is 6.10 Å². The topological polar surface area (TPSA) is 12.5 Å². The van der Waals surface area contributed by atoms with Gasteiger partial charge in [0.25, 0.3) is 0 Å². The van der Waals surface area contributed by atoms with Crippen molar-refractivity contribution < 1.29 is 4.74 Å². The number of alkyl halides is 1. The summed E-state index contributed by atoms with van der Waals surface area (Å²) in [6.07, 6.45) is 0.350. The fraction of sp³-hybridized carbons (Fsp3) is 0.500. The fourth-order valence-corrected chi connectivity index (χ4v) is 2.25. The Morgan fingerprint density at radius 3 is 2.87 bits per heavy atom. The van der Waals surface area contributed by atoms with Crippen LogP contribution in [0.3, 0.4) is 0 Å². The smallest absolute Gasteiger partial charge is 0.0799 e. The first-order valence-electron chi connectivity index (χ1n) is 5.32. The number of hydrogen-bond donors (Lipinski definition) is 0. The minimum Gasteiger partial charge on any atom is -0.375 e. The van der Waals surface area contributed by atoms with E-state index in [1.165, 1.54) is 5.56 Å². The lowest BCUT2D eigenvalue weighted by molar-refractivity contribution is -0.0181. The van der Waals surface area contributed by atoms with Gasteiger partial charge in [0.05, 0.1) is 12.7 Å². The van der Waals surface area contributed by atoms with Crippen LogP contribution in [0.2, 0.25) is 0 Å². The first kappa shape index (κ1) is 11.1. The maximum atomic E-state index is 5.61. The zero-order chi connectivity index (χ0) is 10.5. The molecule has 2 rings (SSSR count). The Kier molecular flexibility index (Phi) is 4.18. The average molecular weight is 270 g/mol. The molecule has 1 aromatic rings. The predicted molar refractivity (Wildman–Crippen MR) is 65.3 cm³/mol. The summed E-state index contributed by atoms with van der Waals surface area (Å²) < 4.78 is 5.61. The van der Waals surface area contributed by atoms with Gasteiger partial charge in [-0.25, -0.2) is 0 Å². The Labute approximate surface area is 99.4 Å². The minimum absolute atomic E-state index is 0.350. The number of ether oxygens (including phenoxy) is 1. The molecule has 1 aliphatic rings. The molecule has 0 bridgehead atoms. The summed E-state index contributed by atoms with van der Waals surface area (Å²) in [4.78, 5) is 2.45. The lowest BCUT2D eigenvalue weighted by Crippen LogP contribution is -2.42. The second-order valence-corrected chi connectivity index (χ2v) is 4.52. The lowest BCUT2D eigenvalue weighted by Gasteiger charge is -2.32. The van der Waals surface area contributed by atoms with Crippen molar-refractivity contribution in [2.45, 2.75) is 12.6 Å². The average Bonchev–Trinajstić information content (AvgIpc) is 2.31. The van der Waals surface area contributed by atoms with E-state index in [1.807, 2.05) is 0 Å². The van der Waals surface area contributed by atoms with Crippen molar-refractivity contribution in [2.75, 3.05) is 25.0 Å². The molecule has 0 spiro atoms. The van der Waals surface area contributed by atoms with Crippen LogP contribution >= 0.6 is 15.9 Å². The summed E-state index contributed by atoms with van der Waals surface area (Å²) >= 11 is 3.47. The largest absolute Gasteiger partial charge is 0.375 e. The molecule has 1 fully saturated rings. The number of benzene rings is 1. The molecule has 1 aliphatic heterocycles. The lowest BCUT2D eigenvalue weighted by atomic mass is 10.2. The maximum absolute atomic E-state index is 5.61. The molecule has 2 nitrogen and oxygen atoms in total. The van der Waals surface area contributed by atoms with Gasteiger partial charge in [0.15, 0.2) is 0 Å². The van der Waals surface area contributed by atoms with Crippen LogP contribution < -0.4 is 0 Å². The number of halogens is 1. The van der Waals surface area contributed by atoms with Crippen molar-refractivity contribution in [1.29, 1.82) is 0 Å². The molecule has 0 unspecified atom stereocenters. The third kappa shape index (κ3) is 3.30. The minimum atomic E-state index is 0.350. The van der Waals surface area contributed by atoms with Crippen molar-refractivity contribution in [1.82, 2.24) is 4.90 Å². The summed E-state index contributed by atoms with van der Waals surface area (Å²) in [7, 11) is 0. The maximum Gasteiger partial charge on any atom is 0.0799 e. The van der Waals surface area contributed by atoms with Crippen LogP contribution in [-0.4, -0.2) is 36.0 Å². The van der Waals surface area contributed by atoms with E-state index in [2.05, 4.69) is 51.2 Å². The highest BCUT2D eigenvalue weighted by Crippen LogP contribution is 2.11. The SMILES string of the molecule is BrC[C@H]1CN(Cc2ccccc2)CCO1. The van der Waals surface area contributed by atoms with Crippen LogP contribution in [0, 0.1) is 0 Å². The van der Waals surface area contributed by atoms with Gasteiger partial charge in [0.1, 0.15) is 0 Å². The Bertz CT molecular complexity index is 291. The van der Waals surface area contributed by atoms with Crippen molar-refractivity contribution in [3.8, 4) is 0 Å². The predicted octanol–water partition coefficient (Wildman–Crippen LogP) is 2.28. The molecular weight excluding hydrogens is 254 g/mol. The third-order valence-electron chi connectivity index (χ3n) is 2.64. The molecule has 82 valence electrons. The van der Waals surface area contributed by atoms with Crippen molar-refractivity contribution in [2.24, 2.45) is 0 Å². The Hall–Kier alpha value is -0.380. The van der Waals surface area contributed by atoms with E-state index in [0.717, 1.165) is 31.6 Å². The second-order valence-electron chi connectivity index (χ2n) is 3.87. The Balaban J connectivity index is 1.89. The van der Waals surface area contributed by atoms with Gasteiger partial charge in [-0.3, -0.25) is 4.90 Å². The summed E-state index contributed by atoms with van der Waals surface area (Å²) in [5, 5.41) is 0.929. The second kappa shape index (κ2) is 5.64. The van der Waals surface area contributed by atoms with E-state index in [4.69, 9.17) is 4.74 Å². The van der Waals surface area contributed by atoms with Crippen molar-refractivity contribution in [3.63, 3.8) is 0 Å². The highest BCUT2D eigenvalue weighted by Gasteiger charge is 2.18. The number of morpholine rings is 1. The van der Waals surface area contributed by atoms with Gasteiger partial charge in [0.2, 0.25) is 0 Å². The molecule has 0 N–H and O–H groups in total. The monoisotopic (exact) mass is 269 g/mol. The van der Waals surface area contributed by atoms with Gasteiger partial charge < -0.3 is 4.74 Å². The summed E-state index contributed by atoms with van der Waals surface area (Å²) in [5.41, 5.74) is 1.38. The molecule has 0 radical (unpaired) electrons. The highest BCUT2D eigenvalue weighted by molar-refractivity contribution is 9.09. The van der Waals surface area contributed by atoms with Gasteiger partial charge in [-0.15, -0.1) is 0 Å². The van der Waals surface area contributed by atoms with Gasteiger partial charge in [0, 0.05) is 25.0 Å². The molecule has 1 heterocycles. The quantitative estimate of drug-likeness (QED) is 0.781. The molecule has 0 aliphatic carbocycles. The van der Waals surface area contributed by atoms with Crippen LogP contribution in [0.15, 0.2) is 30.3 Å². The van der Waals surface area contributed by atoms with Crippen LogP contribution in [0.5, 0.6) is 0 Å². The molecular formula is C12H16BrNO. The Morgan fingerprint density at radius 1 is 1.33 bits per heavy atom. The van der Waals surface area contributed by atoms with Crippen LogP contribution in [0.25, 0.3) is 0 Å². The zero-order valence-corrected chi connectivity index (χ0v) is 10.3. The first-order valence-corrected chi connectivity index (χ1v) is 6.44. The van der Waals surface area contributed by atoms with Gasteiger partial charge in [-0.1, -0.05) is 46.3 Å². The van der Waals surface area contributed by atoms with E-state index in [9.17, 15) is 0 Å². The zero-order valence-electron chi connectivity index (χ0n) is 8.73. The molecule has 15 heavy (non-hydrogen) atoms. The van der Waals surface area contributed by atoms with Crippen LogP contribution in [0.1, 0.15) is 5.56 Å². The first-order chi connectivity index (χ1) is 7.38. The summed E-state index contributed by atoms with van der Waals surface area (Å²) in [6.45, 7) is 3.95. The van der Waals surface area contributed by atoms with Crippen molar-refractivity contribution in [3.05, 3.63) is 35.9 Å². The fourth-order valence-electron chi connectivity index (χ4n) is 1.86. The van der Waals surface area contributed by atoms with Gasteiger partial charge >= 0.3 is 0 Å². The summed E-state index contributed by atoms with van der Waals surface area (Å²) in [5.74, 6) is 0. The third-order valence-corrected chi connectivity index (χ3v) is 3.37. The van der Waals surface area contributed by atoms with Crippen molar-refractivity contribution >= 4 is 15.9 Å². The van der Waals surface area contributed by atoms with Crippen LogP contribution in [-0.2, 0) is 11.3 Å². The van der Waals surface area contributed by atoms with Gasteiger partial charge in [-0.2, -0.15) is 0 Å². The number of hydrogen-bond acceptors (Lipinski definition) is 2. The number of nitrogens with zero attached hydrogens (tertiary/aromatic N) is 1. The van der Waals surface area contributed by atoms with Gasteiger partial charge in [-0.05, 0) is 5.56 Å². The molecule has 0 saturated carbocycles. The van der Waals surface area contributed by atoms with Crippen LogP contribution in [0.4, 0.5) is 0 Å². The van der Waals surface area contributed by atoms with E-state index >= 15 is 0 Å². The molecule has 1 atom stereocenters. The van der Waals surface area contributed by atoms with E-state index < -0.39 is 0 Å². The summed E-state index contributed by atoms with van der Waals surface area (Å²) in [6, 6.07) is 10.6. The number of rotatable bonds is 3. The molecule has 1 saturated heterocycles. The molecule has 0 aromatic heterocycles. The molecule has 3 heteroatoms.